The molecule has 0 spiro atoms. The molecule has 0 aliphatic carbocycles. The second-order valence-corrected chi connectivity index (χ2v) is 4.18. The average Bonchev–Trinajstić information content (AvgIpc) is 2.34. The normalized spacial score (nSPS) is 10.2. The number of hydrogen-bond donors (Lipinski definition) is 3. The fourth-order valence-corrected chi connectivity index (χ4v) is 1.65. The summed E-state index contributed by atoms with van der Waals surface area (Å²) in [5.74, 6) is 6.80. The molecule has 0 radical (unpaired) electrons. The van der Waals surface area contributed by atoms with Crippen LogP contribution in [0.1, 0.15) is 26.2 Å². The zero-order chi connectivity index (χ0) is 11.8. The highest BCUT2D eigenvalue weighted by molar-refractivity contribution is 7.98. The monoisotopic (exact) mass is 241 g/mol. The van der Waals surface area contributed by atoms with Crippen LogP contribution in [0.5, 0.6) is 0 Å². The first kappa shape index (κ1) is 13.1. The summed E-state index contributed by atoms with van der Waals surface area (Å²) in [5, 5.41) is 3.99. The Morgan fingerprint density at radius 1 is 1.31 bits per heavy atom. The Hall–Kier alpha value is -1.01. The predicted molar refractivity (Wildman–Crippen MR) is 69.6 cm³/mol. The van der Waals surface area contributed by atoms with Gasteiger partial charge >= 0.3 is 0 Å². The van der Waals surface area contributed by atoms with Crippen molar-refractivity contribution in [1.29, 1.82) is 0 Å². The van der Waals surface area contributed by atoms with Crippen molar-refractivity contribution in [3.8, 4) is 0 Å². The van der Waals surface area contributed by atoms with Gasteiger partial charge in [0.25, 0.3) is 0 Å². The van der Waals surface area contributed by atoms with Gasteiger partial charge in [0.15, 0.2) is 5.16 Å². The standard InChI is InChI=1S/C10H19N5S/c1-3-4-5-6-12-8-7-9(15-11)14-10(13-8)16-2/h7H,3-6,11H2,1-2H3,(H2,12,13,14,15). The molecule has 0 bridgehead atoms. The van der Waals surface area contributed by atoms with E-state index in [1.165, 1.54) is 24.6 Å². The Morgan fingerprint density at radius 2 is 2.06 bits per heavy atom. The summed E-state index contributed by atoms with van der Waals surface area (Å²) in [4.78, 5) is 8.53. The molecule has 1 aromatic rings. The van der Waals surface area contributed by atoms with Crippen molar-refractivity contribution in [3.05, 3.63) is 6.07 Å². The van der Waals surface area contributed by atoms with E-state index in [9.17, 15) is 0 Å². The summed E-state index contributed by atoms with van der Waals surface area (Å²) >= 11 is 1.50. The van der Waals surface area contributed by atoms with Gasteiger partial charge in [-0.1, -0.05) is 31.5 Å². The predicted octanol–water partition coefficient (Wildman–Crippen LogP) is 2.09. The maximum Gasteiger partial charge on any atom is 0.191 e. The second kappa shape index (κ2) is 7.29. The van der Waals surface area contributed by atoms with Crippen molar-refractivity contribution < 1.29 is 0 Å². The molecule has 0 amide bonds. The van der Waals surface area contributed by atoms with Crippen LogP contribution in [0.3, 0.4) is 0 Å². The SMILES string of the molecule is CCCCCNc1cc(NN)nc(SC)n1. The Bertz CT molecular complexity index is 296. The molecule has 0 saturated heterocycles. The van der Waals surface area contributed by atoms with E-state index in [2.05, 4.69) is 27.6 Å². The lowest BCUT2D eigenvalue weighted by Gasteiger charge is -2.08. The molecule has 0 aliphatic heterocycles. The molecule has 0 aliphatic rings. The number of rotatable bonds is 7. The third-order valence-electron chi connectivity index (χ3n) is 2.12. The lowest BCUT2D eigenvalue weighted by molar-refractivity contribution is 0.741. The maximum atomic E-state index is 5.34. The number of nitrogens with one attached hydrogen (secondary N) is 2. The highest BCUT2D eigenvalue weighted by Gasteiger charge is 2.02. The zero-order valence-electron chi connectivity index (χ0n) is 9.79. The van der Waals surface area contributed by atoms with Gasteiger partial charge in [-0.2, -0.15) is 0 Å². The number of hydrazine groups is 1. The first-order valence-electron chi connectivity index (χ1n) is 5.43. The number of nitrogens with zero attached hydrogens (tertiary/aromatic N) is 2. The minimum absolute atomic E-state index is 0.636. The van der Waals surface area contributed by atoms with Gasteiger partial charge in [0.1, 0.15) is 11.6 Å². The smallest absolute Gasteiger partial charge is 0.191 e. The van der Waals surface area contributed by atoms with E-state index in [0.29, 0.717) is 11.0 Å². The minimum Gasteiger partial charge on any atom is -0.370 e. The third kappa shape index (κ3) is 4.24. The molecule has 1 rings (SSSR count). The number of nitrogen functional groups attached to an aromatic ring is 1. The highest BCUT2D eigenvalue weighted by Crippen LogP contribution is 2.16. The van der Waals surface area contributed by atoms with Crippen LogP contribution in [-0.4, -0.2) is 22.8 Å². The molecular formula is C10H19N5S. The third-order valence-corrected chi connectivity index (χ3v) is 2.67. The molecule has 0 aromatic carbocycles. The van der Waals surface area contributed by atoms with E-state index in [4.69, 9.17) is 5.84 Å². The number of nitrogens with two attached hydrogens (primary N) is 1. The summed E-state index contributed by atoms with van der Waals surface area (Å²) in [7, 11) is 0. The molecule has 5 nitrogen and oxygen atoms in total. The van der Waals surface area contributed by atoms with Gasteiger partial charge < -0.3 is 10.7 Å². The number of aromatic nitrogens is 2. The van der Waals surface area contributed by atoms with Gasteiger partial charge in [-0.15, -0.1) is 0 Å². The van der Waals surface area contributed by atoms with Gasteiger partial charge in [0.2, 0.25) is 0 Å². The first-order valence-corrected chi connectivity index (χ1v) is 6.66. The lowest BCUT2D eigenvalue weighted by atomic mass is 10.2. The van der Waals surface area contributed by atoms with Gasteiger partial charge in [0.05, 0.1) is 0 Å². The topological polar surface area (TPSA) is 75.9 Å². The van der Waals surface area contributed by atoms with E-state index in [-0.39, 0.29) is 0 Å². The van der Waals surface area contributed by atoms with Crippen molar-refractivity contribution in [3.63, 3.8) is 0 Å². The largest absolute Gasteiger partial charge is 0.370 e. The fourth-order valence-electron chi connectivity index (χ4n) is 1.27. The molecule has 90 valence electrons. The molecule has 0 unspecified atom stereocenters. The quantitative estimate of drug-likeness (QED) is 0.223. The fraction of sp³-hybridized carbons (Fsp3) is 0.600. The summed E-state index contributed by atoms with van der Waals surface area (Å²) in [6.45, 7) is 3.12. The van der Waals surface area contributed by atoms with Crippen LogP contribution in [0.25, 0.3) is 0 Å². The Kier molecular flexibility index (Phi) is 5.95. The zero-order valence-corrected chi connectivity index (χ0v) is 10.6. The van der Waals surface area contributed by atoms with Gasteiger partial charge in [-0.25, -0.2) is 15.8 Å². The highest BCUT2D eigenvalue weighted by atomic mass is 32.2. The molecule has 1 aromatic heterocycles. The van der Waals surface area contributed by atoms with Gasteiger partial charge in [-0.05, 0) is 12.7 Å². The van der Waals surface area contributed by atoms with Crippen LogP contribution in [0.4, 0.5) is 11.6 Å². The molecule has 0 atom stereocenters. The van der Waals surface area contributed by atoms with Gasteiger partial charge in [-0.3, -0.25) is 0 Å². The minimum atomic E-state index is 0.636. The lowest BCUT2D eigenvalue weighted by Crippen LogP contribution is -2.11. The molecule has 0 saturated carbocycles. The summed E-state index contributed by atoms with van der Waals surface area (Å²) in [6, 6.07) is 1.81. The maximum absolute atomic E-state index is 5.34. The van der Waals surface area contributed by atoms with E-state index >= 15 is 0 Å². The van der Waals surface area contributed by atoms with E-state index in [1.54, 1.807) is 0 Å². The summed E-state index contributed by atoms with van der Waals surface area (Å²) in [6.07, 6.45) is 5.55. The van der Waals surface area contributed by atoms with Crippen LogP contribution in [-0.2, 0) is 0 Å². The van der Waals surface area contributed by atoms with Crippen LogP contribution in [0.15, 0.2) is 11.2 Å². The van der Waals surface area contributed by atoms with Crippen molar-refractivity contribution >= 4 is 23.4 Å². The molecule has 0 fully saturated rings. The summed E-state index contributed by atoms with van der Waals surface area (Å²) < 4.78 is 0. The Labute approximate surface area is 101 Å². The average molecular weight is 241 g/mol. The molecule has 4 N–H and O–H groups in total. The Balaban J connectivity index is 2.57. The van der Waals surface area contributed by atoms with E-state index in [1.807, 2.05) is 12.3 Å². The molecular weight excluding hydrogens is 222 g/mol. The van der Waals surface area contributed by atoms with E-state index < -0.39 is 0 Å². The van der Waals surface area contributed by atoms with Crippen LogP contribution in [0.2, 0.25) is 0 Å². The molecule has 1 heterocycles. The summed E-state index contributed by atoms with van der Waals surface area (Å²) in [5.41, 5.74) is 2.54. The number of hydrogen-bond acceptors (Lipinski definition) is 6. The van der Waals surface area contributed by atoms with Crippen molar-refractivity contribution in [1.82, 2.24) is 9.97 Å². The molecule has 6 heteroatoms. The Morgan fingerprint density at radius 3 is 2.69 bits per heavy atom. The van der Waals surface area contributed by atoms with Crippen molar-refractivity contribution in [2.24, 2.45) is 5.84 Å². The first-order chi connectivity index (χ1) is 7.80. The number of anilines is 2. The van der Waals surface area contributed by atoms with Gasteiger partial charge in [0, 0.05) is 12.6 Å². The van der Waals surface area contributed by atoms with Crippen LogP contribution < -0.4 is 16.6 Å². The number of thioether (sulfide) groups is 1. The number of unbranched alkanes of at least 4 members (excludes halogenated alkanes) is 2. The van der Waals surface area contributed by atoms with E-state index in [0.717, 1.165) is 18.8 Å². The van der Waals surface area contributed by atoms with Crippen LogP contribution >= 0.6 is 11.8 Å². The van der Waals surface area contributed by atoms with Crippen LogP contribution in [0, 0.1) is 0 Å². The molecule has 16 heavy (non-hydrogen) atoms. The second-order valence-electron chi connectivity index (χ2n) is 3.40. The van der Waals surface area contributed by atoms with Crippen molar-refractivity contribution in [2.75, 3.05) is 23.5 Å². The van der Waals surface area contributed by atoms with Crippen molar-refractivity contribution in [2.45, 2.75) is 31.3 Å².